The molecule has 36 heavy (non-hydrogen) atoms. The van der Waals surface area contributed by atoms with E-state index in [9.17, 15) is 12.8 Å². The summed E-state index contributed by atoms with van der Waals surface area (Å²) in [5.74, 6) is -0.126. The minimum Gasteiger partial charge on any atom is -0.233 e. The van der Waals surface area contributed by atoms with E-state index in [4.69, 9.17) is 0 Å². The fourth-order valence-electron chi connectivity index (χ4n) is 3.96. The van der Waals surface area contributed by atoms with Gasteiger partial charge in [0.15, 0.2) is 0 Å². The van der Waals surface area contributed by atoms with Crippen LogP contribution >= 0.6 is 11.8 Å². The first-order valence-corrected chi connectivity index (χ1v) is 18.2. The van der Waals surface area contributed by atoms with Crippen molar-refractivity contribution >= 4 is 40.8 Å². The Bertz CT molecular complexity index is 1420. The van der Waals surface area contributed by atoms with Gasteiger partial charge in [-0.15, -0.1) is 11.8 Å². The van der Waals surface area contributed by atoms with Crippen LogP contribution in [0.4, 0.5) is 4.39 Å². The molecule has 0 radical (unpaired) electrons. The summed E-state index contributed by atoms with van der Waals surface area (Å²) in [6, 6.07) is 22.7. The molecule has 0 fully saturated rings. The molecular weight excluding hydrogens is 510 g/mol. The number of fused-ring (bicyclic) bond motifs is 1. The minimum atomic E-state index is -3.39. The van der Waals surface area contributed by atoms with E-state index in [0.717, 1.165) is 33.1 Å². The number of hydrogen-bond donors (Lipinski definition) is 1. The lowest BCUT2D eigenvalue weighted by molar-refractivity contribution is 0.558. The number of nitrogens with one attached hydrogen (secondary N) is 1. The maximum atomic E-state index is 13.3. The summed E-state index contributed by atoms with van der Waals surface area (Å²) >= 11 is 1.63. The van der Waals surface area contributed by atoms with Gasteiger partial charge in [-0.3, -0.25) is 0 Å². The second kappa shape index (κ2) is 10.9. The lowest BCUT2D eigenvalue weighted by Gasteiger charge is -2.26. The second-order valence-electron chi connectivity index (χ2n) is 10.2. The highest BCUT2D eigenvalue weighted by molar-refractivity contribution is 7.99. The minimum absolute atomic E-state index is 0.113. The zero-order valence-corrected chi connectivity index (χ0v) is 23.6. The van der Waals surface area contributed by atoms with Crippen molar-refractivity contribution in [2.75, 3.05) is 5.75 Å². The Kier molecular flexibility index (Phi) is 8.04. The van der Waals surface area contributed by atoms with Crippen molar-refractivity contribution in [1.82, 2.24) is 14.5 Å². The number of sulfonamides is 1. The lowest BCUT2D eigenvalue weighted by Crippen LogP contribution is -2.39. The number of nitrogens with zero attached hydrogens (tertiary/aromatic N) is 2. The summed E-state index contributed by atoms with van der Waals surface area (Å²) in [6.45, 7) is 8.48. The maximum absolute atomic E-state index is 13.3. The molecule has 0 bridgehead atoms. The van der Waals surface area contributed by atoms with E-state index in [1.165, 1.54) is 12.1 Å². The molecule has 0 unspecified atom stereocenters. The van der Waals surface area contributed by atoms with E-state index in [-0.39, 0.29) is 22.9 Å². The van der Waals surface area contributed by atoms with Gasteiger partial charge in [-0.25, -0.2) is 22.2 Å². The average Bonchev–Trinajstić information content (AvgIpc) is 3.25. The molecular formula is C27H32FN3O2S2Si. The third-order valence-electron chi connectivity index (χ3n) is 5.94. The summed E-state index contributed by atoms with van der Waals surface area (Å²) in [4.78, 5) is 1.02. The van der Waals surface area contributed by atoms with Gasteiger partial charge in [-0.05, 0) is 61.0 Å². The zero-order valence-electron chi connectivity index (χ0n) is 21.0. The number of benzene rings is 3. The van der Waals surface area contributed by atoms with Gasteiger partial charge < -0.3 is 0 Å². The number of rotatable bonds is 10. The molecule has 190 valence electrons. The second-order valence-corrected chi connectivity index (χ2v) is 18.9. The predicted molar refractivity (Wildman–Crippen MR) is 151 cm³/mol. The average molecular weight is 542 g/mol. The van der Waals surface area contributed by atoms with Crippen LogP contribution in [-0.2, 0) is 10.0 Å². The molecule has 9 heteroatoms. The lowest BCUT2D eigenvalue weighted by atomic mass is 10.1. The molecule has 1 aromatic heterocycles. The van der Waals surface area contributed by atoms with E-state index in [2.05, 4.69) is 35.5 Å². The Labute approximate surface area is 218 Å². The van der Waals surface area contributed by atoms with Crippen LogP contribution in [0.1, 0.15) is 17.7 Å². The third kappa shape index (κ3) is 6.85. The van der Waals surface area contributed by atoms with E-state index < -0.39 is 18.1 Å². The van der Waals surface area contributed by atoms with E-state index >= 15 is 0 Å². The molecule has 0 aliphatic heterocycles. The van der Waals surface area contributed by atoms with Crippen molar-refractivity contribution in [3.63, 3.8) is 0 Å². The molecule has 5 nitrogen and oxygen atoms in total. The van der Waals surface area contributed by atoms with Gasteiger partial charge >= 0.3 is 0 Å². The molecule has 0 aliphatic carbocycles. The number of thioether (sulfide) groups is 1. The summed E-state index contributed by atoms with van der Waals surface area (Å²) in [5, 5.41) is 5.34. The molecule has 3 aromatic carbocycles. The standard InChI is InChI=1S/C27H32FN3O2S2Si/c1-20(30-35(32,33)16-17-36(2,3)4)27(21-8-6-5-7-9-21)34-25-14-15-26-22(18-25)19-29-31(26)24-12-10-23(28)11-13-24/h5-15,18-20,27,30H,16-17H2,1-4H3/t20-,27+/m0/s1. The topological polar surface area (TPSA) is 64.0 Å². The number of hydrogen-bond acceptors (Lipinski definition) is 4. The van der Waals surface area contributed by atoms with Crippen LogP contribution in [0.25, 0.3) is 16.6 Å². The highest BCUT2D eigenvalue weighted by Crippen LogP contribution is 2.39. The quantitative estimate of drug-likeness (QED) is 0.180. The van der Waals surface area contributed by atoms with Gasteiger partial charge in [0, 0.05) is 24.4 Å². The van der Waals surface area contributed by atoms with Crippen molar-refractivity contribution < 1.29 is 12.8 Å². The normalized spacial score (nSPS) is 14.1. The molecule has 0 aliphatic rings. The fourth-order valence-corrected chi connectivity index (χ4v) is 9.60. The van der Waals surface area contributed by atoms with Crippen LogP contribution in [0.5, 0.6) is 0 Å². The van der Waals surface area contributed by atoms with Crippen LogP contribution < -0.4 is 4.72 Å². The first-order chi connectivity index (χ1) is 17.0. The number of halogens is 1. The SMILES string of the molecule is C[C@H](NS(=O)(=O)CC[Si](C)(C)C)[C@@H](Sc1ccc2c(cnn2-c2ccc(F)cc2)c1)c1ccccc1. The fraction of sp³-hybridized carbons (Fsp3) is 0.296. The largest absolute Gasteiger partial charge is 0.233 e. The van der Waals surface area contributed by atoms with Crippen molar-refractivity contribution in [1.29, 1.82) is 0 Å². The highest BCUT2D eigenvalue weighted by atomic mass is 32.2. The summed E-state index contributed by atoms with van der Waals surface area (Å²) < 4.78 is 43.8. The van der Waals surface area contributed by atoms with E-state index in [1.807, 2.05) is 49.4 Å². The maximum Gasteiger partial charge on any atom is 0.211 e. The first-order valence-electron chi connectivity index (χ1n) is 12.0. The van der Waals surface area contributed by atoms with Gasteiger partial charge in [-0.1, -0.05) is 50.0 Å². The first kappa shape index (κ1) is 26.6. The Hall–Kier alpha value is -2.46. The van der Waals surface area contributed by atoms with Gasteiger partial charge in [0.25, 0.3) is 0 Å². The van der Waals surface area contributed by atoms with Gasteiger partial charge in [-0.2, -0.15) is 5.10 Å². The Balaban J connectivity index is 1.58. The van der Waals surface area contributed by atoms with Crippen LogP contribution in [0.3, 0.4) is 0 Å². The highest BCUT2D eigenvalue weighted by Gasteiger charge is 2.26. The van der Waals surface area contributed by atoms with Crippen molar-refractivity contribution in [3.8, 4) is 5.69 Å². The van der Waals surface area contributed by atoms with Crippen molar-refractivity contribution in [2.24, 2.45) is 0 Å². The van der Waals surface area contributed by atoms with Gasteiger partial charge in [0.05, 0.1) is 28.4 Å². The summed E-state index contributed by atoms with van der Waals surface area (Å²) in [7, 11) is -4.87. The Morgan fingerprint density at radius 3 is 2.39 bits per heavy atom. The third-order valence-corrected chi connectivity index (χ3v) is 11.0. The van der Waals surface area contributed by atoms with Crippen LogP contribution in [0, 0.1) is 5.82 Å². The Morgan fingerprint density at radius 2 is 1.72 bits per heavy atom. The smallest absolute Gasteiger partial charge is 0.211 e. The van der Waals surface area contributed by atoms with Crippen LogP contribution in [-0.4, -0.2) is 38.1 Å². The van der Waals surface area contributed by atoms with Crippen molar-refractivity contribution in [2.45, 2.75) is 48.8 Å². The molecule has 0 amide bonds. The predicted octanol–water partition coefficient (Wildman–Crippen LogP) is 6.64. The molecule has 2 atom stereocenters. The zero-order chi connectivity index (χ0) is 25.9. The van der Waals surface area contributed by atoms with Gasteiger partial charge in [0.2, 0.25) is 10.0 Å². The molecule has 0 spiro atoms. The van der Waals surface area contributed by atoms with Crippen molar-refractivity contribution in [3.05, 3.63) is 90.4 Å². The molecule has 1 N–H and O–H groups in total. The monoisotopic (exact) mass is 541 g/mol. The summed E-state index contributed by atoms with van der Waals surface area (Å²) in [6.07, 6.45) is 1.79. The molecule has 4 rings (SSSR count). The summed E-state index contributed by atoms with van der Waals surface area (Å²) in [5.41, 5.74) is 2.77. The molecule has 0 saturated heterocycles. The van der Waals surface area contributed by atoms with E-state index in [1.54, 1.807) is 34.8 Å². The Morgan fingerprint density at radius 1 is 1.03 bits per heavy atom. The molecule has 1 heterocycles. The van der Waals surface area contributed by atoms with E-state index in [0.29, 0.717) is 0 Å². The molecule has 0 saturated carbocycles. The van der Waals surface area contributed by atoms with Gasteiger partial charge in [0.1, 0.15) is 5.82 Å². The number of aromatic nitrogens is 2. The van der Waals surface area contributed by atoms with Crippen LogP contribution in [0.15, 0.2) is 83.9 Å². The van der Waals surface area contributed by atoms with Crippen LogP contribution in [0.2, 0.25) is 25.7 Å². The molecule has 4 aromatic rings.